The van der Waals surface area contributed by atoms with Gasteiger partial charge in [0.1, 0.15) is 11.6 Å². The van der Waals surface area contributed by atoms with Gasteiger partial charge in [-0.15, -0.1) is 11.6 Å². The van der Waals surface area contributed by atoms with Crippen molar-refractivity contribution in [3.63, 3.8) is 0 Å². The molecule has 100 valence electrons. The molecule has 1 aromatic rings. The lowest BCUT2D eigenvalue weighted by Crippen LogP contribution is -2.28. The zero-order chi connectivity index (χ0) is 13.0. The summed E-state index contributed by atoms with van der Waals surface area (Å²) in [5, 5.41) is 0. The molecular formula is C14H20ClFN2. The molecule has 4 heteroatoms. The number of rotatable bonds is 4. The van der Waals surface area contributed by atoms with Gasteiger partial charge in [0.15, 0.2) is 0 Å². The number of pyridine rings is 1. The highest BCUT2D eigenvalue weighted by Crippen LogP contribution is 2.27. The van der Waals surface area contributed by atoms with Crippen molar-refractivity contribution in [2.75, 3.05) is 18.5 Å². The minimum Gasteiger partial charge on any atom is -0.359 e. The Morgan fingerprint density at radius 3 is 2.78 bits per heavy atom. The summed E-state index contributed by atoms with van der Waals surface area (Å²) in [4.78, 5) is 6.30. The topological polar surface area (TPSA) is 16.1 Å². The fourth-order valence-electron chi connectivity index (χ4n) is 2.76. The zero-order valence-electron chi connectivity index (χ0n) is 10.8. The van der Waals surface area contributed by atoms with Crippen molar-refractivity contribution in [2.24, 2.45) is 5.92 Å². The van der Waals surface area contributed by atoms with E-state index in [9.17, 15) is 4.39 Å². The molecule has 0 amide bonds. The van der Waals surface area contributed by atoms with E-state index in [-0.39, 0.29) is 5.82 Å². The molecule has 1 aliphatic rings. The normalized spacial score (nSPS) is 16.8. The Morgan fingerprint density at radius 2 is 2.11 bits per heavy atom. The average molecular weight is 271 g/mol. The maximum atomic E-state index is 13.1. The van der Waals surface area contributed by atoms with Crippen LogP contribution in [0, 0.1) is 11.7 Å². The maximum Gasteiger partial charge on any atom is 0.141 e. The second-order valence-electron chi connectivity index (χ2n) is 5.15. The lowest BCUT2D eigenvalue weighted by atomic mass is 9.89. The van der Waals surface area contributed by atoms with Crippen LogP contribution in [-0.2, 0) is 5.88 Å². The van der Waals surface area contributed by atoms with E-state index in [0.717, 1.165) is 23.8 Å². The highest BCUT2D eigenvalue weighted by Gasteiger charge is 2.17. The minimum absolute atomic E-state index is 0.301. The molecule has 0 saturated heterocycles. The number of hydrogen-bond acceptors (Lipinski definition) is 2. The summed E-state index contributed by atoms with van der Waals surface area (Å²) in [6.45, 7) is 0.989. The molecule has 2 nitrogen and oxygen atoms in total. The van der Waals surface area contributed by atoms with Crippen LogP contribution in [0.1, 0.15) is 37.7 Å². The first kappa shape index (κ1) is 13.6. The van der Waals surface area contributed by atoms with E-state index in [1.807, 2.05) is 7.05 Å². The minimum atomic E-state index is -0.319. The van der Waals surface area contributed by atoms with Crippen molar-refractivity contribution in [3.05, 3.63) is 23.6 Å². The van der Waals surface area contributed by atoms with E-state index in [0.29, 0.717) is 5.88 Å². The van der Waals surface area contributed by atoms with Crippen molar-refractivity contribution in [1.29, 1.82) is 0 Å². The second-order valence-corrected chi connectivity index (χ2v) is 5.42. The third-order valence-electron chi connectivity index (χ3n) is 3.67. The summed E-state index contributed by atoms with van der Waals surface area (Å²) in [7, 11) is 2.02. The van der Waals surface area contributed by atoms with Crippen molar-refractivity contribution in [3.8, 4) is 0 Å². The highest BCUT2D eigenvalue weighted by molar-refractivity contribution is 6.17. The molecule has 0 aromatic carbocycles. The summed E-state index contributed by atoms with van der Waals surface area (Å²) in [6.07, 6.45) is 7.88. The quantitative estimate of drug-likeness (QED) is 0.770. The molecule has 0 spiro atoms. The summed E-state index contributed by atoms with van der Waals surface area (Å²) in [5.74, 6) is 1.53. The van der Waals surface area contributed by atoms with Gasteiger partial charge >= 0.3 is 0 Å². The molecule has 2 rings (SSSR count). The monoisotopic (exact) mass is 270 g/mol. The van der Waals surface area contributed by atoms with Crippen molar-refractivity contribution < 1.29 is 4.39 Å². The number of nitrogens with zero attached hydrogens (tertiary/aromatic N) is 2. The van der Waals surface area contributed by atoms with Crippen molar-refractivity contribution in [2.45, 2.75) is 38.0 Å². The van der Waals surface area contributed by atoms with Crippen LogP contribution in [0.25, 0.3) is 0 Å². The molecule has 0 aliphatic heterocycles. The van der Waals surface area contributed by atoms with Crippen LogP contribution in [0.15, 0.2) is 12.3 Å². The lowest BCUT2D eigenvalue weighted by molar-refractivity contribution is 0.361. The van der Waals surface area contributed by atoms with Gasteiger partial charge < -0.3 is 4.90 Å². The number of aromatic nitrogens is 1. The zero-order valence-corrected chi connectivity index (χ0v) is 11.6. The molecule has 0 unspecified atom stereocenters. The molecule has 0 atom stereocenters. The van der Waals surface area contributed by atoms with Gasteiger partial charge in [-0.05, 0) is 24.8 Å². The smallest absolute Gasteiger partial charge is 0.141 e. The fraction of sp³-hybridized carbons (Fsp3) is 0.643. The van der Waals surface area contributed by atoms with E-state index in [2.05, 4.69) is 9.88 Å². The van der Waals surface area contributed by atoms with Crippen LogP contribution in [0.5, 0.6) is 0 Å². The molecule has 1 heterocycles. The third-order valence-corrected chi connectivity index (χ3v) is 3.96. The van der Waals surface area contributed by atoms with Crippen molar-refractivity contribution in [1.82, 2.24) is 4.98 Å². The highest BCUT2D eigenvalue weighted by atomic mass is 35.5. The van der Waals surface area contributed by atoms with Gasteiger partial charge in [-0.1, -0.05) is 19.3 Å². The van der Waals surface area contributed by atoms with Crippen LogP contribution < -0.4 is 4.90 Å². The molecule has 0 radical (unpaired) electrons. The van der Waals surface area contributed by atoms with E-state index >= 15 is 0 Å². The first-order valence-electron chi connectivity index (χ1n) is 6.62. The standard InChI is InChI=1S/C14H20ClFN2/c1-18(10-11-5-3-2-4-6-11)14-12(8-15)7-13(16)9-17-14/h7,9,11H,2-6,8,10H2,1H3. The first-order chi connectivity index (χ1) is 8.70. The van der Waals surface area contributed by atoms with Crippen molar-refractivity contribution >= 4 is 17.4 Å². The Balaban J connectivity index is 2.05. The Kier molecular flexibility index (Phi) is 4.81. The van der Waals surface area contributed by atoms with Gasteiger partial charge in [0.05, 0.1) is 12.1 Å². The van der Waals surface area contributed by atoms with Crippen LogP contribution in [0.3, 0.4) is 0 Å². The molecular weight excluding hydrogens is 251 g/mol. The van der Waals surface area contributed by atoms with Gasteiger partial charge in [0.2, 0.25) is 0 Å². The van der Waals surface area contributed by atoms with Gasteiger partial charge in [0, 0.05) is 19.2 Å². The Labute approximate surface area is 113 Å². The number of halogens is 2. The van der Waals surface area contributed by atoms with E-state index < -0.39 is 0 Å². The summed E-state index contributed by atoms with van der Waals surface area (Å²) < 4.78 is 13.1. The number of anilines is 1. The molecule has 1 saturated carbocycles. The van der Waals surface area contributed by atoms with Crippen LogP contribution >= 0.6 is 11.6 Å². The molecule has 0 bridgehead atoms. The largest absolute Gasteiger partial charge is 0.359 e. The van der Waals surface area contributed by atoms with Gasteiger partial charge in [-0.2, -0.15) is 0 Å². The Morgan fingerprint density at radius 1 is 1.39 bits per heavy atom. The van der Waals surface area contributed by atoms with Crippen LogP contribution in [0.2, 0.25) is 0 Å². The average Bonchev–Trinajstić information content (AvgIpc) is 2.39. The third kappa shape index (κ3) is 3.35. The van der Waals surface area contributed by atoms with Gasteiger partial charge in [-0.25, -0.2) is 9.37 Å². The second kappa shape index (κ2) is 6.37. The summed E-state index contributed by atoms with van der Waals surface area (Å²) in [5.41, 5.74) is 0.773. The molecule has 18 heavy (non-hydrogen) atoms. The van der Waals surface area contributed by atoms with E-state index in [1.54, 1.807) is 0 Å². The number of alkyl halides is 1. The molecule has 1 fully saturated rings. The predicted molar refractivity (Wildman–Crippen MR) is 73.6 cm³/mol. The predicted octanol–water partition coefficient (Wildman–Crippen LogP) is 3.98. The molecule has 1 aromatic heterocycles. The molecule has 0 N–H and O–H groups in total. The number of hydrogen-bond donors (Lipinski definition) is 0. The van der Waals surface area contributed by atoms with Crippen LogP contribution in [0.4, 0.5) is 10.2 Å². The molecule has 1 aliphatic carbocycles. The lowest BCUT2D eigenvalue weighted by Gasteiger charge is -2.28. The summed E-state index contributed by atoms with van der Waals surface area (Å²) in [6, 6.07) is 1.48. The van der Waals surface area contributed by atoms with E-state index in [4.69, 9.17) is 11.6 Å². The maximum absolute atomic E-state index is 13.1. The first-order valence-corrected chi connectivity index (χ1v) is 7.15. The van der Waals surface area contributed by atoms with Crippen LogP contribution in [-0.4, -0.2) is 18.6 Å². The Bertz CT molecular complexity index is 391. The summed E-state index contributed by atoms with van der Waals surface area (Å²) >= 11 is 5.86. The van der Waals surface area contributed by atoms with Gasteiger partial charge in [-0.3, -0.25) is 0 Å². The Hall–Kier alpha value is -0.830. The van der Waals surface area contributed by atoms with E-state index in [1.165, 1.54) is 44.4 Å². The fourth-order valence-corrected chi connectivity index (χ4v) is 2.96. The SMILES string of the molecule is CN(CC1CCCCC1)c1ncc(F)cc1CCl. The van der Waals surface area contributed by atoms with Gasteiger partial charge in [0.25, 0.3) is 0 Å².